The summed E-state index contributed by atoms with van der Waals surface area (Å²) in [6.07, 6.45) is 0. The maximum Gasteiger partial charge on any atom is 0.338 e. The zero-order valence-corrected chi connectivity index (χ0v) is 15.1. The number of amides is 2. The number of carbonyl (C=O) groups excluding carboxylic acids is 3. The van der Waals surface area contributed by atoms with Gasteiger partial charge in [0.05, 0.1) is 22.8 Å². The molecular formula is C18H17ClFN3O4. The highest BCUT2D eigenvalue weighted by Crippen LogP contribution is 2.19. The molecule has 27 heavy (non-hydrogen) atoms. The van der Waals surface area contributed by atoms with Crippen molar-refractivity contribution in [1.29, 1.82) is 0 Å². The molecule has 2 rings (SSSR count). The zero-order valence-electron chi connectivity index (χ0n) is 14.4. The third-order valence-corrected chi connectivity index (χ3v) is 3.84. The Labute approximate surface area is 159 Å². The van der Waals surface area contributed by atoms with Crippen LogP contribution in [0.15, 0.2) is 42.5 Å². The van der Waals surface area contributed by atoms with Crippen molar-refractivity contribution in [2.45, 2.75) is 0 Å². The minimum absolute atomic E-state index is 0.154. The van der Waals surface area contributed by atoms with Crippen LogP contribution in [0.4, 0.5) is 15.8 Å². The number of rotatable bonds is 6. The summed E-state index contributed by atoms with van der Waals surface area (Å²) in [5.74, 6) is -2.21. The summed E-state index contributed by atoms with van der Waals surface area (Å²) in [7, 11) is 1.39. The Hall–Kier alpha value is -3.13. The van der Waals surface area contributed by atoms with Crippen molar-refractivity contribution >= 4 is 40.8 Å². The zero-order chi connectivity index (χ0) is 20.0. The van der Waals surface area contributed by atoms with Crippen LogP contribution in [0, 0.1) is 5.82 Å². The summed E-state index contributed by atoms with van der Waals surface area (Å²) in [5.41, 5.74) is 6.38. The summed E-state index contributed by atoms with van der Waals surface area (Å²) in [5, 5.41) is 2.82. The molecular weight excluding hydrogens is 377 g/mol. The van der Waals surface area contributed by atoms with E-state index >= 15 is 0 Å². The standard InChI is InChI=1S/C18H17ClFN3O4/c1-23(9-16(24)22-13-5-3-12(20)4-6-13)17(25)10-27-18(26)11-2-7-14(19)15(21)8-11/h2-8H,9-10,21H2,1H3,(H,22,24). The first-order valence-electron chi connectivity index (χ1n) is 7.78. The molecule has 0 heterocycles. The SMILES string of the molecule is CN(CC(=O)Nc1ccc(F)cc1)C(=O)COC(=O)c1ccc(Cl)c(N)c1. The highest BCUT2D eigenvalue weighted by molar-refractivity contribution is 6.33. The van der Waals surface area contributed by atoms with Crippen LogP contribution in [0.5, 0.6) is 0 Å². The molecule has 0 aromatic heterocycles. The Morgan fingerprint density at radius 1 is 1.19 bits per heavy atom. The molecule has 0 saturated heterocycles. The first-order valence-corrected chi connectivity index (χ1v) is 8.15. The van der Waals surface area contributed by atoms with Gasteiger partial charge < -0.3 is 20.7 Å². The number of carbonyl (C=O) groups is 3. The number of nitrogens with one attached hydrogen (secondary N) is 1. The third-order valence-electron chi connectivity index (χ3n) is 3.49. The molecule has 0 bridgehead atoms. The van der Waals surface area contributed by atoms with Crippen molar-refractivity contribution in [2.75, 3.05) is 31.2 Å². The van der Waals surface area contributed by atoms with Gasteiger partial charge in [0.15, 0.2) is 6.61 Å². The van der Waals surface area contributed by atoms with Gasteiger partial charge in [0.1, 0.15) is 5.82 Å². The normalized spacial score (nSPS) is 10.2. The molecule has 0 aliphatic heterocycles. The van der Waals surface area contributed by atoms with E-state index < -0.39 is 30.2 Å². The molecule has 0 fully saturated rings. The molecule has 0 aliphatic carbocycles. The second kappa shape index (κ2) is 9.00. The number of benzene rings is 2. The molecule has 0 atom stereocenters. The number of nitrogen functional groups attached to an aromatic ring is 1. The first kappa shape index (κ1) is 20.2. The fraction of sp³-hybridized carbons (Fsp3) is 0.167. The van der Waals surface area contributed by atoms with Crippen LogP contribution < -0.4 is 11.1 Å². The largest absolute Gasteiger partial charge is 0.452 e. The number of ether oxygens (including phenoxy) is 1. The molecule has 3 N–H and O–H groups in total. The Bertz CT molecular complexity index is 858. The van der Waals surface area contributed by atoms with Gasteiger partial charge in [-0.1, -0.05) is 11.6 Å². The van der Waals surface area contributed by atoms with E-state index in [0.29, 0.717) is 10.7 Å². The summed E-state index contributed by atoms with van der Waals surface area (Å²) in [6.45, 7) is -0.802. The van der Waals surface area contributed by atoms with E-state index in [4.69, 9.17) is 22.1 Å². The van der Waals surface area contributed by atoms with E-state index in [1.54, 1.807) is 0 Å². The molecule has 0 spiro atoms. The molecule has 2 aromatic rings. The summed E-state index contributed by atoms with van der Waals surface area (Å²) in [6, 6.07) is 9.41. The van der Waals surface area contributed by atoms with Gasteiger partial charge >= 0.3 is 5.97 Å². The van der Waals surface area contributed by atoms with Crippen LogP contribution in [0.2, 0.25) is 5.02 Å². The predicted molar refractivity (Wildman–Crippen MR) is 98.8 cm³/mol. The van der Waals surface area contributed by atoms with E-state index in [0.717, 1.165) is 4.90 Å². The first-order chi connectivity index (χ1) is 12.8. The maximum absolute atomic E-state index is 12.8. The average molecular weight is 394 g/mol. The Morgan fingerprint density at radius 3 is 2.48 bits per heavy atom. The predicted octanol–water partition coefficient (Wildman–Crippen LogP) is 2.32. The Balaban J connectivity index is 1.82. The molecule has 7 nitrogen and oxygen atoms in total. The summed E-state index contributed by atoms with van der Waals surface area (Å²) in [4.78, 5) is 36.9. The number of nitrogens with two attached hydrogens (primary N) is 1. The highest BCUT2D eigenvalue weighted by atomic mass is 35.5. The van der Waals surface area contributed by atoms with Gasteiger partial charge in [0, 0.05) is 12.7 Å². The van der Waals surface area contributed by atoms with Gasteiger partial charge in [-0.2, -0.15) is 0 Å². The molecule has 9 heteroatoms. The number of halogens is 2. The number of esters is 1. The van der Waals surface area contributed by atoms with Crippen molar-refractivity contribution in [2.24, 2.45) is 0 Å². The lowest BCUT2D eigenvalue weighted by molar-refractivity contribution is -0.136. The summed E-state index contributed by atoms with van der Waals surface area (Å²) < 4.78 is 17.8. The average Bonchev–Trinajstić information content (AvgIpc) is 2.63. The van der Waals surface area contributed by atoms with Crippen LogP contribution in [0.1, 0.15) is 10.4 Å². The number of hydrogen-bond acceptors (Lipinski definition) is 5. The lowest BCUT2D eigenvalue weighted by atomic mass is 10.2. The topological polar surface area (TPSA) is 102 Å². The maximum atomic E-state index is 12.8. The van der Waals surface area contributed by atoms with Crippen LogP contribution in [-0.2, 0) is 14.3 Å². The van der Waals surface area contributed by atoms with Crippen LogP contribution in [-0.4, -0.2) is 42.9 Å². The van der Waals surface area contributed by atoms with E-state index in [-0.39, 0.29) is 17.8 Å². The van der Waals surface area contributed by atoms with E-state index in [2.05, 4.69) is 5.32 Å². The van der Waals surface area contributed by atoms with Gasteiger partial charge in [-0.25, -0.2) is 9.18 Å². The van der Waals surface area contributed by atoms with Gasteiger partial charge in [0.25, 0.3) is 5.91 Å². The van der Waals surface area contributed by atoms with Gasteiger partial charge in [-0.15, -0.1) is 0 Å². The smallest absolute Gasteiger partial charge is 0.338 e. The van der Waals surface area contributed by atoms with Gasteiger partial charge in [0.2, 0.25) is 5.91 Å². The monoisotopic (exact) mass is 393 g/mol. The van der Waals surface area contributed by atoms with Crippen molar-refractivity contribution in [1.82, 2.24) is 4.90 Å². The Morgan fingerprint density at radius 2 is 1.85 bits per heavy atom. The van der Waals surface area contributed by atoms with Gasteiger partial charge in [-0.05, 0) is 42.5 Å². The van der Waals surface area contributed by atoms with Crippen LogP contribution >= 0.6 is 11.6 Å². The Kier molecular flexibility index (Phi) is 6.73. The van der Waals surface area contributed by atoms with E-state index in [1.165, 1.54) is 49.5 Å². The fourth-order valence-electron chi connectivity index (χ4n) is 2.03. The van der Waals surface area contributed by atoms with Crippen LogP contribution in [0.25, 0.3) is 0 Å². The minimum Gasteiger partial charge on any atom is -0.452 e. The second-order valence-corrected chi connectivity index (χ2v) is 6.02. The lowest BCUT2D eigenvalue weighted by Gasteiger charge is -2.17. The highest BCUT2D eigenvalue weighted by Gasteiger charge is 2.16. The molecule has 0 unspecified atom stereocenters. The van der Waals surface area contributed by atoms with Crippen molar-refractivity contribution in [3.8, 4) is 0 Å². The van der Waals surface area contributed by atoms with Crippen LogP contribution in [0.3, 0.4) is 0 Å². The third kappa shape index (κ3) is 5.96. The quantitative estimate of drug-likeness (QED) is 0.579. The van der Waals surface area contributed by atoms with Gasteiger partial charge in [-0.3, -0.25) is 9.59 Å². The number of likely N-dealkylation sites (N-methyl/N-ethyl adjacent to an activating group) is 1. The van der Waals surface area contributed by atoms with Crippen molar-refractivity contribution < 1.29 is 23.5 Å². The van der Waals surface area contributed by atoms with E-state index in [9.17, 15) is 18.8 Å². The molecule has 2 amide bonds. The number of nitrogens with zero attached hydrogens (tertiary/aromatic N) is 1. The minimum atomic E-state index is -0.740. The lowest BCUT2D eigenvalue weighted by Crippen LogP contribution is -2.37. The van der Waals surface area contributed by atoms with E-state index in [1.807, 2.05) is 0 Å². The summed E-state index contributed by atoms with van der Waals surface area (Å²) >= 11 is 5.77. The molecule has 2 aromatic carbocycles. The number of anilines is 2. The molecule has 142 valence electrons. The second-order valence-electron chi connectivity index (χ2n) is 5.62. The van der Waals surface area contributed by atoms with Crippen molar-refractivity contribution in [3.05, 3.63) is 58.9 Å². The molecule has 0 aliphatic rings. The fourth-order valence-corrected chi connectivity index (χ4v) is 2.15. The molecule has 0 saturated carbocycles. The van der Waals surface area contributed by atoms with Crippen molar-refractivity contribution in [3.63, 3.8) is 0 Å². The number of hydrogen-bond donors (Lipinski definition) is 2. The molecule has 0 radical (unpaired) electrons.